The summed E-state index contributed by atoms with van der Waals surface area (Å²) in [7, 11) is 0. The Balaban J connectivity index is 1.12. The van der Waals surface area contributed by atoms with Crippen LogP contribution in [0, 0.1) is 0 Å². The van der Waals surface area contributed by atoms with Crippen LogP contribution >= 0.6 is 0 Å². The van der Waals surface area contributed by atoms with E-state index in [9.17, 15) is 0 Å². The van der Waals surface area contributed by atoms with Gasteiger partial charge in [0.05, 0.1) is 11.4 Å². The molecule has 0 aliphatic rings. The van der Waals surface area contributed by atoms with Gasteiger partial charge in [0.15, 0.2) is 5.82 Å². The average molecular weight is 675 g/mol. The van der Waals surface area contributed by atoms with Crippen molar-refractivity contribution in [1.29, 1.82) is 0 Å². The highest BCUT2D eigenvalue weighted by atomic mass is 16.3. The summed E-state index contributed by atoms with van der Waals surface area (Å²) in [6.07, 6.45) is 0. The molecule has 3 nitrogen and oxygen atoms in total. The Bertz CT molecular complexity index is 3230. The standard InChI is InChI=1S/C50H30N2O/c1-2-12-33(13-3-1)44-30-45(52-50(51-44)41-17-8-16-40-39(41)26-24-34-22-21-32-11-6-7-15-38(32)48(34)40)42-18-9-19-46-49(42)43-27-25-37(29-47(43)53-46)36-23-20-31-10-4-5-14-35(31)28-36/h1-30H. The van der Waals surface area contributed by atoms with Gasteiger partial charge in [0.2, 0.25) is 0 Å². The van der Waals surface area contributed by atoms with Gasteiger partial charge in [-0.25, -0.2) is 9.97 Å². The van der Waals surface area contributed by atoms with Gasteiger partial charge in [0.1, 0.15) is 11.2 Å². The lowest BCUT2D eigenvalue weighted by molar-refractivity contribution is 0.669. The van der Waals surface area contributed by atoms with Crippen molar-refractivity contribution in [3.05, 3.63) is 182 Å². The van der Waals surface area contributed by atoms with Gasteiger partial charge < -0.3 is 4.42 Å². The summed E-state index contributed by atoms with van der Waals surface area (Å²) in [6, 6.07) is 64.4. The molecule has 0 saturated heterocycles. The lowest BCUT2D eigenvalue weighted by Gasteiger charge is -2.13. The van der Waals surface area contributed by atoms with Gasteiger partial charge >= 0.3 is 0 Å². The van der Waals surface area contributed by atoms with E-state index < -0.39 is 0 Å². The SMILES string of the molecule is c1ccc(-c2cc(-c3cccc4oc5cc(-c6ccc7ccccc7c6)ccc5c34)nc(-c3cccc4c3ccc3ccc5ccccc5c34)n2)cc1. The van der Waals surface area contributed by atoms with Crippen molar-refractivity contribution >= 4 is 65.0 Å². The third-order valence-corrected chi connectivity index (χ3v) is 10.7. The van der Waals surface area contributed by atoms with Crippen LogP contribution in [-0.4, -0.2) is 9.97 Å². The summed E-state index contributed by atoms with van der Waals surface area (Å²) >= 11 is 0. The Morgan fingerprint density at radius 2 is 0.981 bits per heavy atom. The van der Waals surface area contributed by atoms with E-state index in [0.29, 0.717) is 5.82 Å². The second-order valence-electron chi connectivity index (χ2n) is 13.7. The van der Waals surface area contributed by atoms with E-state index in [1.54, 1.807) is 0 Å². The molecule has 0 radical (unpaired) electrons. The van der Waals surface area contributed by atoms with Crippen LogP contribution in [0.5, 0.6) is 0 Å². The minimum atomic E-state index is 0.690. The number of aromatic nitrogens is 2. The first kappa shape index (κ1) is 29.6. The zero-order chi connectivity index (χ0) is 34.9. The van der Waals surface area contributed by atoms with Crippen LogP contribution in [0.15, 0.2) is 186 Å². The van der Waals surface area contributed by atoms with Crippen LogP contribution in [0.25, 0.3) is 110 Å². The van der Waals surface area contributed by atoms with E-state index in [0.717, 1.165) is 66.5 Å². The summed E-state index contributed by atoms with van der Waals surface area (Å²) in [4.78, 5) is 10.6. The molecule has 9 aromatic carbocycles. The molecule has 0 unspecified atom stereocenters. The molecule has 11 rings (SSSR count). The molecule has 0 fully saturated rings. The van der Waals surface area contributed by atoms with Crippen molar-refractivity contribution in [3.8, 4) is 45.0 Å². The first-order chi connectivity index (χ1) is 26.2. The summed E-state index contributed by atoms with van der Waals surface area (Å²) in [5.74, 6) is 0.690. The van der Waals surface area contributed by atoms with Crippen molar-refractivity contribution in [2.75, 3.05) is 0 Å². The third-order valence-electron chi connectivity index (χ3n) is 10.7. The van der Waals surface area contributed by atoms with E-state index in [1.165, 1.54) is 37.7 Å². The smallest absolute Gasteiger partial charge is 0.161 e. The number of nitrogens with zero attached hydrogens (tertiary/aromatic N) is 2. The van der Waals surface area contributed by atoms with Gasteiger partial charge in [0, 0.05) is 27.5 Å². The predicted molar refractivity (Wildman–Crippen MR) is 221 cm³/mol. The van der Waals surface area contributed by atoms with Crippen LogP contribution in [0.1, 0.15) is 0 Å². The van der Waals surface area contributed by atoms with Crippen LogP contribution in [0.3, 0.4) is 0 Å². The van der Waals surface area contributed by atoms with Crippen molar-refractivity contribution in [3.63, 3.8) is 0 Å². The maximum absolute atomic E-state index is 6.58. The van der Waals surface area contributed by atoms with Gasteiger partial charge in [-0.2, -0.15) is 0 Å². The Hall–Kier alpha value is -7.10. The molecule has 0 aliphatic heterocycles. The maximum Gasteiger partial charge on any atom is 0.161 e. The van der Waals surface area contributed by atoms with Gasteiger partial charge in [-0.3, -0.25) is 0 Å². The third kappa shape index (κ3) is 4.82. The van der Waals surface area contributed by atoms with Crippen LogP contribution < -0.4 is 0 Å². The lowest BCUT2D eigenvalue weighted by atomic mass is 9.94. The fourth-order valence-electron chi connectivity index (χ4n) is 8.11. The molecule has 0 atom stereocenters. The van der Waals surface area contributed by atoms with Gasteiger partial charge in [-0.05, 0) is 84.5 Å². The summed E-state index contributed by atoms with van der Waals surface area (Å²) in [5, 5.41) is 11.8. The number of benzene rings is 9. The Kier molecular flexibility index (Phi) is 6.55. The molecule has 2 aromatic heterocycles. The highest BCUT2D eigenvalue weighted by Crippen LogP contribution is 2.41. The topological polar surface area (TPSA) is 38.9 Å². The molecule has 0 N–H and O–H groups in total. The molecule has 11 aromatic rings. The van der Waals surface area contributed by atoms with E-state index in [4.69, 9.17) is 14.4 Å². The zero-order valence-electron chi connectivity index (χ0n) is 28.6. The quantitative estimate of drug-likeness (QED) is 0.174. The van der Waals surface area contributed by atoms with Gasteiger partial charge in [0.25, 0.3) is 0 Å². The highest BCUT2D eigenvalue weighted by Gasteiger charge is 2.19. The van der Waals surface area contributed by atoms with Crippen LogP contribution in [-0.2, 0) is 0 Å². The Labute approximate surface area is 305 Å². The molecular formula is C50H30N2O. The minimum Gasteiger partial charge on any atom is -0.456 e. The summed E-state index contributed by atoms with van der Waals surface area (Å²) < 4.78 is 6.58. The molecule has 0 bridgehead atoms. The zero-order valence-corrected chi connectivity index (χ0v) is 28.6. The number of hydrogen-bond acceptors (Lipinski definition) is 3. The van der Waals surface area contributed by atoms with Crippen molar-refractivity contribution < 1.29 is 4.42 Å². The van der Waals surface area contributed by atoms with Crippen molar-refractivity contribution in [1.82, 2.24) is 9.97 Å². The lowest BCUT2D eigenvalue weighted by Crippen LogP contribution is -1.97. The van der Waals surface area contributed by atoms with E-state index >= 15 is 0 Å². The number of furan rings is 1. The Morgan fingerprint density at radius 1 is 0.321 bits per heavy atom. The van der Waals surface area contributed by atoms with Crippen LogP contribution in [0.4, 0.5) is 0 Å². The van der Waals surface area contributed by atoms with Gasteiger partial charge in [-0.1, -0.05) is 152 Å². The first-order valence-corrected chi connectivity index (χ1v) is 18.0. The monoisotopic (exact) mass is 674 g/mol. The van der Waals surface area contributed by atoms with E-state index in [2.05, 4.69) is 176 Å². The second kappa shape index (κ2) is 11.7. The average Bonchev–Trinajstić information content (AvgIpc) is 3.61. The molecular weight excluding hydrogens is 645 g/mol. The number of rotatable bonds is 4. The fourth-order valence-corrected chi connectivity index (χ4v) is 8.11. The largest absolute Gasteiger partial charge is 0.456 e. The maximum atomic E-state index is 6.58. The van der Waals surface area contributed by atoms with Crippen LogP contribution in [0.2, 0.25) is 0 Å². The second-order valence-corrected chi connectivity index (χ2v) is 13.7. The predicted octanol–water partition coefficient (Wildman–Crippen LogP) is 13.7. The molecule has 0 amide bonds. The molecule has 3 heteroatoms. The molecule has 2 heterocycles. The molecule has 0 spiro atoms. The number of hydrogen-bond donors (Lipinski definition) is 0. The van der Waals surface area contributed by atoms with Crippen molar-refractivity contribution in [2.24, 2.45) is 0 Å². The normalized spacial score (nSPS) is 11.8. The molecule has 0 aliphatic carbocycles. The van der Waals surface area contributed by atoms with E-state index in [-0.39, 0.29) is 0 Å². The summed E-state index contributed by atoms with van der Waals surface area (Å²) in [6.45, 7) is 0. The summed E-state index contributed by atoms with van der Waals surface area (Å²) in [5.41, 5.74) is 8.74. The molecule has 246 valence electrons. The van der Waals surface area contributed by atoms with Gasteiger partial charge in [-0.15, -0.1) is 0 Å². The molecule has 0 saturated carbocycles. The Morgan fingerprint density at radius 3 is 1.91 bits per heavy atom. The first-order valence-electron chi connectivity index (χ1n) is 18.0. The molecule has 53 heavy (non-hydrogen) atoms. The van der Waals surface area contributed by atoms with Crippen molar-refractivity contribution in [2.45, 2.75) is 0 Å². The fraction of sp³-hybridized carbons (Fsp3) is 0. The highest BCUT2D eigenvalue weighted by molar-refractivity contribution is 6.22. The van der Waals surface area contributed by atoms with E-state index in [1.807, 2.05) is 6.07 Å². The number of fused-ring (bicyclic) bond motifs is 9. The minimum absolute atomic E-state index is 0.690.